The van der Waals surface area contributed by atoms with Crippen LogP contribution in [0.15, 0.2) is 24.5 Å². The van der Waals surface area contributed by atoms with E-state index in [1.807, 2.05) is 29.3 Å². The number of nitrogens with one attached hydrogen (secondary N) is 1. The number of aromatic nitrogens is 2. The molecule has 0 radical (unpaired) electrons. The van der Waals surface area contributed by atoms with Gasteiger partial charge in [-0.05, 0) is 63.4 Å². The Labute approximate surface area is 154 Å². The van der Waals surface area contributed by atoms with Crippen molar-refractivity contribution in [3.63, 3.8) is 0 Å². The molecule has 2 aliphatic rings. The molecule has 4 nitrogen and oxygen atoms in total. The molecule has 0 amide bonds. The summed E-state index contributed by atoms with van der Waals surface area (Å²) in [6.45, 7) is 4.80. The van der Waals surface area contributed by atoms with Crippen molar-refractivity contribution in [2.24, 2.45) is 13.0 Å². The van der Waals surface area contributed by atoms with Crippen molar-refractivity contribution in [1.29, 1.82) is 0 Å². The van der Waals surface area contributed by atoms with E-state index >= 15 is 0 Å². The van der Waals surface area contributed by atoms with Crippen molar-refractivity contribution >= 4 is 23.7 Å². The van der Waals surface area contributed by atoms with Gasteiger partial charge >= 0.3 is 0 Å². The summed E-state index contributed by atoms with van der Waals surface area (Å²) in [6.07, 6.45) is 9.54. The minimum atomic E-state index is 0. The van der Waals surface area contributed by atoms with E-state index in [1.165, 1.54) is 60.6 Å². The van der Waals surface area contributed by atoms with Gasteiger partial charge in [0.25, 0.3) is 0 Å². The Kier molecular flexibility index (Phi) is 5.98. The van der Waals surface area contributed by atoms with Crippen LogP contribution in [-0.4, -0.2) is 40.4 Å². The molecule has 0 aromatic carbocycles. The van der Waals surface area contributed by atoms with E-state index in [2.05, 4.69) is 33.6 Å². The van der Waals surface area contributed by atoms with Gasteiger partial charge in [0.15, 0.2) is 0 Å². The van der Waals surface area contributed by atoms with E-state index in [-0.39, 0.29) is 12.4 Å². The predicted molar refractivity (Wildman–Crippen MR) is 103 cm³/mol. The topological polar surface area (TPSA) is 33.1 Å². The Morgan fingerprint density at radius 1 is 1.21 bits per heavy atom. The lowest BCUT2D eigenvalue weighted by molar-refractivity contribution is 0.191. The normalized spacial score (nSPS) is 19.4. The summed E-state index contributed by atoms with van der Waals surface area (Å²) in [5, 5.41) is 8.03. The number of thiophene rings is 1. The number of halogens is 1. The summed E-state index contributed by atoms with van der Waals surface area (Å²) in [5.41, 5.74) is 1.23. The Bertz CT molecular complexity index is 641. The Hall–Kier alpha value is -0.880. The zero-order valence-electron chi connectivity index (χ0n) is 14.3. The van der Waals surface area contributed by atoms with E-state index in [0.717, 1.165) is 18.5 Å². The van der Waals surface area contributed by atoms with Gasteiger partial charge in [0.2, 0.25) is 0 Å². The highest BCUT2D eigenvalue weighted by atomic mass is 35.5. The van der Waals surface area contributed by atoms with Crippen LogP contribution in [0.4, 0.5) is 0 Å². The smallest absolute Gasteiger partial charge is 0.0576 e. The second-order valence-corrected chi connectivity index (χ2v) is 8.24. The standard InChI is InChI=1S/C18H26N4S.ClH/c1-21-12-15(11-20-21)18-5-4-17(23-18)13-22-8-6-16(7-9-22)19-10-14-2-3-14;/h4-5,11-12,14,16,19H,2-3,6-10,13H2,1H3;1H. The average Bonchev–Trinajstić information content (AvgIpc) is 3.11. The number of aryl methyl sites for hydroxylation is 1. The molecule has 2 fully saturated rings. The van der Waals surface area contributed by atoms with Crippen LogP contribution in [-0.2, 0) is 13.6 Å². The van der Waals surface area contributed by atoms with Crippen molar-refractivity contribution in [1.82, 2.24) is 20.0 Å². The lowest BCUT2D eigenvalue weighted by Crippen LogP contribution is -2.42. The summed E-state index contributed by atoms with van der Waals surface area (Å²) in [4.78, 5) is 5.40. The van der Waals surface area contributed by atoms with Crippen molar-refractivity contribution in [3.05, 3.63) is 29.4 Å². The highest BCUT2D eigenvalue weighted by Gasteiger charge is 2.24. The molecule has 0 atom stereocenters. The first-order valence-electron chi connectivity index (χ1n) is 8.80. The van der Waals surface area contributed by atoms with E-state index in [9.17, 15) is 0 Å². The molecule has 0 bridgehead atoms. The molecule has 2 aromatic heterocycles. The zero-order valence-corrected chi connectivity index (χ0v) is 15.9. The third-order valence-electron chi connectivity index (χ3n) is 5.01. The highest BCUT2D eigenvalue weighted by Crippen LogP contribution is 2.30. The molecule has 1 aliphatic carbocycles. The van der Waals surface area contributed by atoms with E-state index < -0.39 is 0 Å². The minimum Gasteiger partial charge on any atom is -0.314 e. The molecule has 24 heavy (non-hydrogen) atoms. The SMILES string of the molecule is Cl.Cn1cc(-c2ccc(CN3CCC(NCC4CC4)CC3)s2)cn1. The van der Waals surface area contributed by atoms with Crippen LogP contribution in [0.1, 0.15) is 30.6 Å². The third kappa shape index (κ3) is 4.60. The van der Waals surface area contributed by atoms with Crippen LogP contribution in [0.2, 0.25) is 0 Å². The Balaban J connectivity index is 0.00000169. The zero-order chi connectivity index (χ0) is 15.6. The van der Waals surface area contributed by atoms with Gasteiger partial charge in [0, 0.05) is 41.1 Å². The number of rotatable bonds is 6. The second-order valence-electron chi connectivity index (χ2n) is 7.07. The maximum absolute atomic E-state index is 4.27. The van der Waals surface area contributed by atoms with Crippen LogP contribution in [0, 0.1) is 5.92 Å². The van der Waals surface area contributed by atoms with Gasteiger partial charge in [-0.15, -0.1) is 23.7 Å². The first-order chi connectivity index (χ1) is 11.3. The van der Waals surface area contributed by atoms with Gasteiger partial charge in [0.1, 0.15) is 0 Å². The fraction of sp³-hybridized carbons (Fsp3) is 0.611. The van der Waals surface area contributed by atoms with Crippen molar-refractivity contribution < 1.29 is 0 Å². The summed E-state index contributed by atoms with van der Waals surface area (Å²) < 4.78 is 1.87. The summed E-state index contributed by atoms with van der Waals surface area (Å²) >= 11 is 1.91. The average molecular weight is 367 g/mol. The van der Waals surface area contributed by atoms with Gasteiger partial charge in [-0.3, -0.25) is 9.58 Å². The molecule has 1 aliphatic heterocycles. The molecular formula is C18H27ClN4S. The molecule has 1 saturated heterocycles. The number of likely N-dealkylation sites (tertiary alicyclic amines) is 1. The largest absolute Gasteiger partial charge is 0.314 e. The molecule has 0 spiro atoms. The predicted octanol–water partition coefficient (Wildman–Crippen LogP) is 3.53. The van der Waals surface area contributed by atoms with E-state index in [4.69, 9.17) is 0 Å². The van der Waals surface area contributed by atoms with Gasteiger partial charge in [0.05, 0.1) is 6.20 Å². The van der Waals surface area contributed by atoms with Crippen LogP contribution in [0.5, 0.6) is 0 Å². The molecule has 2 aromatic rings. The quantitative estimate of drug-likeness (QED) is 0.848. The molecule has 0 unspecified atom stereocenters. The van der Waals surface area contributed by atoms with Crippen LogP contribution in [0.25, 0.3) is 10.4 Å². The fourth-order valence-electron chi connectivity index (χ4n) is 3.34. The van der Waals surface area contributed by atoms with Crippen LogP contribution >= 0.6 is 23.7 Å². The Morgan fingerprint density at radius 3 is 2.67 bits per heavy atom. The van der Waals surface area contributed by atoms with Crippen LogP contribution in [0.3, 0.4) is 0 Å². The number of hydrogen-bond donors (Lipinski definition) is 1. The van der Waals surface area contributed by atoms with Crippen LogP contribution < -0.4 is 5.32 Å². The number of nitrogens with zero attached hydrogens (tertiary/aromatic N) is 3. The maximum atomic E-state index is 4.27. The molecule has 132 valence electrons. The van der Waals surface area contributed by atoms with Gasteiger partial charge in [-0.25, -0.2) is 0 Å². The minimum absolute atomic E-state index is 0. The maximum Gasteiger partial charge on any atom is 0.0576 e. The molecule has 1 N–H and O–H groups in total. The number of hydrogen-bond acceptors (Lipinski definition) is 4. The number of piperidine rings is 1. The van der Waals surface area contributed by atoms with Gasteiger partial charge in [-0.2, -0.15) is 5.10 Å². The highest BCUT2D eigenvalue weighted by molar-refractivity contribution is 7.15. The third-order valence-corrected chi connectivity index (χ3v) is 6.13. The molecule has 1 saturated carbocycles. The fourth-order valence-corrected chi connectivity index (χ4v) is 4.36. The molecule has 4 rings (SSSR count). The summed E-state index contributed by atoms with van der Waals surface area (Å²) in [7, 11) is 1.97. The second kappa shape index (κ2) is 8.00. The first kappa shape index (κ1) is 17.9. The van der Waals surface area contributed by atoms with Crippen molar-refractivity contribution in [3.8, 4) is 10.4 Å². The van der Waals surface area contributed by atoms with Gasteiger partial charge < -0.3 is 5.32 Å². The molecule has 3 heterocycles. The Morgan fingerprint density at radius 2 is 2.00 bits per heavy atom. The summed E-state index contributed by atoms with van der Waals surface area (Å²) in [5.74, 6) is 0.991. The van der Waals surface area contributed by atoms with Gasteiger partial charge in [-0.1, -0.05) is 0 Å². The van der Waals surface area contributed by atoms with Crippen molar-refractivity contribution in [2.45, 2.75) is 38.3 Å². The van der Waals surface area contributed by atoms with Crippen molar-refractivity contribution in [2.75, 3.05) is 19.6 Å². The molecular weight excluding hydrogens is 340 g/mol. The summed E-state index contributed by atoms with van der Waals surface area (Å²) in [6, 6.07) is 5.27. The monoisotopic (exact) mass is 366 g/mol. The van der Waals surface area contributed by atoms with E-state index in [1.54, 1.807) is 0 Å². The first-order valence-corrected chi connectivity index (χ1v) is 9.61. The van der Waals surface area contributed by atoms with E-state index in [0.29, 0.717) is 0 Å². The lowest BCUT2D eigenvalue weighted by atomic mass is 10.0. The lowest BCUT2D eigenvalue weighted by Gasteiger charge is -2.32. The molecule has 6 heteroatoms.